The van der Waals surface area contributed by atoms with E-state index in [2.05, 4.69) is 11.9 Å². The van der Waals surface area contributed by atoms with Crippen molar-refractivity contribution in [3.8, 4) is 11.5 Å². The van der Waals surface area contributed by atoms with Crippen molar-refractivity contribution >= 4 is 6.03 Å². The number of hydrogen-bond donors (Lipinski definition) is 0. The molecule has 0 radical (unpaired) electrons. The first-order valence-corrected chi connectivity index (χ1v) is 8.67. The van der Waals surface area contributed by atoms with Crippen LogP contribution in [0.15, 0.2) is 18.2 Å². The van der Waals surface area contributed by atoms with E-state index in [-0.39, 0.29) is 12.1 Å². The highest BCUT2D eigenvalue weighted by Gasteiger charge is 2.31. The summed E-state index contributed by atoms with van der Waals surface area (Å²) in [5, 5.41) is 0. The number of urea groups is 1. The van der Waals surface area contributed by atoms with Crippen molar-refractivity contribution in [3.05, 3.63) is 23.8 Å². The third-order valence-corrected chi connectivity index (χ3v) is 4.99. The molecule has 2 aliphatic heterocycles. The Bertz CT molecular complexity index is 604. The predicted octanol–water partition coefficient (Wildman–Crippen LogP) is 1.44. The highest BCUT2D eigenvalue weighted by atomic mass is 16.5. The fourth-order valence-corrected chi connectivity index (χ4v) is 3.42. The number of piperazine rings is 1. The Morgan fingerprint density at radius 2 is 1.76 bits per heavy atom. The second-order valence-corrected chi connectivity index (χ2v) is 6.44. The molecule has 1 atom stereocenters. The van der Waals surface area contributed by atoms with Crippen LogP contribution in [0.25, 0.3) is 0 Å². The summed E-state index contributed by atoms with van der Waals surface area (Å²) in [7, 11) is 5.37. The number of hydrogen-bond acceptors (Lipinski definition) is 5. The van der Waals surface area contributed by atoms with Crippen molar-refractivity contribution in [1.29, 1.82) is 0 Å². The van der Waals surface area contributed by atoms with Gasteiger partial charge in [0.05, 0.1) is 33.5 Å². The Hall–Kier alpha value is -1.99. The van der Waals surface area contributed by atoms with E-state index in [1.807, 2.05) is 28.0 Å². The van der Waals surface area contributed by atoms with Gasteiger partial charge in [-0.1, -0.05) is 6.07 Å². The van der Waals surface area contributed by atoms with Crippen molar-refractivity contribution in [1.82, 2.24) is 14.7 Å². The molecule has 0 aromatic heterocycles. The van der Waals surface area contributed by atoms with Gasteiger partial charge >= 0.3 is 6.03 Å². The van der Waals surface area contributed by atoms with Gasteiger partial charge in [0, 0.05) is 32.7 Å². The first-order valence-electron chi connectivity index (χ1n) is 8.67. The van der Waals surface area contributed by atoms with Crippen LogP contribution in [0.3, 0.4) is 0 Å². The number of carbonyl (C=O) groups excluding carboxylic acids is 1. The van der Waals surface area contributed by atoms with E-state index in [4.69, 9.17) is 14.2 Å². The van der Waals surface area contributed by atoms with Gasteiger partial charge in [0.25, 0.3) is 0 Å². The van der Waals surface area contributed by atoms with Gasteiger partial charge in [-0.2, -0.15) is 0 Å². The number of amides is 2. The van der Waals surface area contributed by atoms with Crippen LogP contribution in [0.2, 0.25) is 0 Å². The zero-order valence-corrected chi connectivity index (χ0v) is 15.2. The van der Waals surface area contributed by atoms with Crippen LogP contribution >= 0.6 is 0 Å². The third-order valence-electron chi connectivity index (χ3n) is 4.99. The lowest BCUT2D eigenvalue weighted by Crippen LogP contribution is -2.54. The van der Waals surface area contributed by atoms with Crippen LogP contribution in [-0.4, -0.2) is 87.9 Å². The molecular formula is C18H27N3O4. The Balaban J connectivity index is 1.75. The molecule has 7 heteroatoms. The second-order valence-electron chi connectivity index (χ2n) is 6.44. The van der Waals surface area contributed by atoms with Crippen LogP contribution in [0.4, 0.5) is 4.79 Å². The maximum absolute atomic E-state index is 12.8. The quantitative estimate of drug-likeness (QED) is 0.827. The van der Waals surface area contributed by atoms with Crippen molar-refractivity contribution in [3.63, 3.8) is 0 Å². The second kappa shape index (κ2) is 7.93. The lowest BCUT2D eigenvalue weighted by Gasteiger charge is -2.42. The largest absolute Gasteiger partial charge is 0.493 e. The minimum Gasteiger partial charge on any atom is -0.493 e. The summed E-state index contributed by atoms with van der Waals surface area (Å²) in [4.78, 5) is 18.9. The van der Waals surface area contributed by atoms with Gasteiger partial charge in [-0.05, 0) is 24.7 Å². The zero-order chi connectivity index (χ0) is 17.8. The van der Waals surface area contributed by atoms with Gasteiger partial charge in [-0.25, -0.2) is 4.79 Å². The van der Waals surface area contributed by atoms with Crippen LogP contribution < -0.4 is 9.47 Å². The van der Waals surface area contributed by atoms with Gasteiger partial charge < -0.3 is 24.0 Å². The van der Waals surface area contributed by atoms with E-state index in [1.165, 1.54) is 0 Å². The SMILES string of the molecule is COc1ccc(C2CN(C(=O)N3CCOCC3)CCN2C)cc1OC. The minimum absolute atomic E-state index is 0.113. The number of carbonyl (C=O) groups is 1. The summed E-state index contributed by atoms with van der Waals surface area (Å²) < 4.78 is 16.1. The van der Waals surface area contributed by atoms with Gasteiger partial charge in [-0.3, -0.25) is 4.90 Å². The fourth-order valence-electron chi connectivity index (χ4n) is 3.42. The van der Waals surface area contributed by atoms with E-state index in [0.29, 0.717) is 44.3 Å². The first-order chi connectivity index (χ1) is 12.1. The molecule has 1 aromatic carbocycles. The third kappa shape index (κ3) is 3.82. The van der Waals surface area contributed by atoms with Crippen molar-refractivity contribution in [2.75, 3.05) is 67.2 Å². The minimum atomic E-state index is 0.113. The number of ether oxygens (including phenoxy) is 3. The first kappa shape index (κ1) is 17.8. The standard InChI is InChI=1S/C18H27N3O4/c1-19-6-7-21(18(22)20-8-10-25-11-9-20)13-15(19)14-4-5-16(23-2)17(12-14)24-3/h4-5,12,15H,6-11,13H2,1-3H3. The average Bonchev–Trinajstić information content (AvgIpc) is 2.68. The van der Waals surface area contributed by atoms with E-state index in [9.17, 15) is 4.79 Å². The van der Waals surface area contributed by atoms with Gasteiger partial charge in [0.15, 0.2) is 11.5 Å². The highest BCUT2D eigenvalue weighted by molar-refractivity contribution is 5.74. The summed E-state index contributed by atoms with van der Waals surface area (Å²) in [5.41, 5.74) is 1.12. The Morgan fingerprint density at radius 1 is 1.04 bits per heavy atom. The number of methoxy groups -OCH3 is 2. The molecule has 0 N–H and O–H groups in total. The molecule has 1 aromatic rings. The molecular weight excluding hydrogens is 322 g/mol. The normalized spacial score (nSPS) is 22.0. The van der Waals surface area contributed by atoms with Crippen molar-refractivity contribution < 1.29 is 19.0 Å². The Morgan fingerprint density at radius 3 is 2.44 bits per heavy atom. The molecule has 2 heterocycles. The molecule has 7 nitrogen and oxygen atoms in total. The molecule has 2 aliphatic rings. The molecule has 0 aliphatic carbocycles. The summed E-state index contributed by atoms with van der Waals surface area (Å²) in [5.74, 6) is 1.43. The van der Waals surface area contributed by atoms with Crippen molar-refractivity contribution in [2.45, 2.75) is 6.04 Å². The summed E-state index contributed by atoms with van der Waals surface area (Å²) in [6.07, 6.45) is 0. The number of nitrogens with zero attached hydrogens (tertiary/aromatic N) is 3. The maximum Gasteiger partial charge on any atom is 0.320 e. The molecule has 0 saturated carbocycles. The molecule has 138 valence electrons. The van der Waals surface area contributed by atoms with Crippen LogP contribution in [-0.2, 0) is 4.74 Å². The van der Waals surface area contributed by atoms with Gasteiger partial charge in [0.1, 0.15) is 0 Å². The zero-order valence-electron chi connectivity index (χ0n) is 15.2. The summed E-state index contributed by atoms with van der Waals surface area (Å²) >= 11 is 0. The molecule has 1 unspecified atom stereocenters. The van der Waals surface area contributed by atoms with E-state index >= 15 is 0 Å². The number of benzene rings is 1. The molecule has 0 spiro atoms. The molecule has 2 saturated heterocycles. The Kier molecular flexibility index (Phi) is 5.65. The van der Waals surface area contributed by atoms with Crippen LogP contribution in [0.1, 0.15) is 11.6 Å². The maximum atomic E-state index is 12.8. The number of morpholine rings is 1. The van der Waals surface area contributed by atoms with Crippen LogP contribution in [0, 0.1) is 0 Å². The molecule has 2 fully saturated rings. The summed E-state index contributed by atoms with van der Waals surface area (Å²) in [6, 6.07) is 6.22. The lowest BCUT2D eigenvalue weighted by molar-refractivity contribution is 0.0330. The van der Waals surface area contributed by atoms with Gasteiger partial charge in [0.2, 0.25) is 0 Å². The lowest BCUT2D eigenvalue weighted by atomic mass is 10.0. The van der Waals surface area contributed by atoms with Crippen molar-refractivity contribution in [2.24, 2.45) is 0 Å². The smallest absolute Gasteiger partial charge is 0.320 e. The summed E-state index contributed by atoms with van der Waals surface area (Å²) in [6.45, 7) is 4.85. The highest BCUT2D eigenvalue weighted by Crippen LogP contribution is 2.33. The van der Waals surface area contributed by atoms with E-state index in [0.717, 1.165) is 18.7 Å². The fraction of sp³-hybridized carbons (Fsp3) is 0.611. The molecule has 0 bridgehead atoms. The number of rotatable bonds is 3. The Labute approximate surface area is 149 Å². The van der Waals surface area contributed by atoms with Crippen LogP contribution in [0.5, 0.6) is 11.5 Å². The molecule has 25 heavy (non-hydrogen) atoms. The average molecular weight is 349 g/mol. The topological polar surface area (TPSA) is 54.5 Å². The van der Waals surface area contributed by atoms with E-state index < -0.39 is 0 Å². The predicted molar refractivity (Wildman–Crippen MR) is 94.3 cm³/mol. The van der Waals surface area contributed by atoms with E-state index in [1.54, 1.807) is 14.2 Å². The molecule has 2 amide bonds. The molecule has 3 rings (SSSR count). The number of likely N-dealkylation sites (N-methyl/N-ethyl adjacent to an activating group) is 1. The monoisotopic (exact) mass is 349 g/mol. The van der Waals surface area contributed by atoms with Gasteiger partial charge in [-0.15, -0.1) is 0 Å².